The Kier molecular flexibility index (Phi) is 8.34. The summed E-state index contributed by atoms with van der Waals surface area (Å²) in [5.41, 5.74) is 3.20. The molecule has 4 aromatic rings. The summed E-state index contributed by atoms with van der Waals surface area (Å²) in [6.45, 7) is 15.0. The van der Waals surface area contributed by atoms with Gasteiger partial charge in [0.1, 0.15) is 18.5 Å². The maximum Gasteiger partial charge on any atom is 0.319 e. The number of likely N-dealkylation sites (tertiary alicyclic amines) is 1. The van der Waals surface area contributed by atoms with E-state index in [0.29, 0.717) is 29.5 Å². The summed E-state index contributed by atoms with van der Waals surface area (Å²) in [4.78, 5) is 36.4. The second kappa shape index (κ2) is 12.3. The number of benzene rings is 2. The van der Waals surface area contributed by atoms with E-state index >= 15 is 0 Å². The fourth-order valence-electron chi connectivity index (χ4n) is 6.34. The lowest BCUT2D eigenvalue weighted by atomic mass is 9.98. The van der Waals surface area contributed by atoms with Crippen molar-refractivity contribution >= 4 is 45.0 Å². The van der Waals surface area contributed by atoms with Crippen LogP contribution in [0.2, 0.25) is 5.02 Å². The van der Waals surface area contributed by atoms with Crippen molar-refractivity contribution < 1.29 is 13.9 Å². The van der Waals surface area contributed by atoms with Crippen molar-refractivity contribution in [3.8, 4) is 17.3 Å². The molecule has 0 radical (unpaired) electrons. The van der Waals surface area contributed by atoms with Crippen LogP contribution in [0.5, 0.6) is 6.01 Å². The lowest BCUT2D eigenvalue weighted by molar-refractivity contribution is -0.131. The van der Waals surface area contributed by atoms with Crippen LogP contribution in [0.1, 0.15) is 18.4 Å². The highest BCUT2D eigenvalue weighted by molar-refractivity contribution is 6.36. The Balaban J connectivity index is 1.45. The number of likely N-dealkylation sites (N-methyl/N-ethyl adjacent to an activating group) is 1. The number of amides is 1. The molecule has 2 atom stereocenters. The molecule has 0 bridgehead atoms. The minimum absolute atomic E-state index is 0.0270. The van der Waals surface area contributed by atoms with E-state index in [1.807, 2.05) is 48.2 Å². The Bertz CT molecular complexity index is 1800. The molecule has 226 valence electrons. The van der Waals surface area contributed by atoms with Gasteiger partial charge >= 0.3 is 6.01 Å². The number of rotatable bonds is 7. The van der Waals surface area contributed by atoms with Crippen LogP contribution in [0.4, 0.5) is 10.2 Å². The smallest absolute Gasteiger partial charge is 0.319 e. The lowest BCUT2D eigenvalue weighted by Crippen LogP contribution is -2.56. The second-order valence-corrected chi connectivity index (χ2v) is 11.8. The van der Waals surface area contributed by atoms with Crippen LogP contribution in [-0.2, 0) is 4.79 Å². The van der Waals surface area contributed by atoms with E-state index in [1.54, 1.807) is 6.20 Å². The molecular weight excluding hydrogens is 581 g/mol. The van der Waals surface area contributed by atoms with Gasteiger partial charge in [-0.1, -0.05) is 48.5 Å². The first-order valence-corrected chi connectivity index (χ1v) is 15.1. The number of aromatic nitrogens is 3. The molecule has 2 saturated heterocycles. The van der Waals surface area contributed by atoms with Crippen molar-refractivity contribution in [2.45, 2.75) is 31.8 Å². The topological polar surface area (TPSA) is 79.1 Å². The highest BCUT2D eigenvalue weighted by atomic mass is 35.5. The highest BCUT2D eigenvalue weighted by Gasteiger charge is 2.35. The third-order valence-electron chi connectivity index (χ3n) is 8.70. The molecule has 2 aliphatic rings. The third-order valence-corrected chi connectivity index (χ3v) is 9.02. The van der Waals surface area contributed by atoms with Crippen LogP contribution in [-0.4, -0.2) is 89.1 Å². The van der Waals surface area contributed by atoms with Crippen LogP contribution >= 0.6 is 11.6 Å². The van der Waals surface area contributed by atoms with E-state index in [2.05, 4.69) is 23.4 Å². The number of nitrogens with zero attached hydrogens (tertiary/aromatic N) is 7. The number of fused-ring (bicyclic) bond motifs is 2. The molecule has 0 N–H and O–H groups in total. The summed E-state index contributed by atoms with van der Waals surface area (Å²) < 4.78 is 20.1. The van der Waals surface area contributed by atoms with Crippen LogP contribution in [0.15, 0.2) is 55.0 Å². The van der Waals surface area contributed by atoms with E-state index in [-0.39, 0.29) is 31.7 Å². The summed E-state index contributed by atoms with van der Waals surface area (Å²) in [6, 6.07) is 11.8. The van der Waals surface area contributed by atoms with Crippen molar-refractivity contribution in [1.82, 2.24) is 24.8 Å². The Morgan fingerprint density at radius 1 is 1.18 bits per heavy atom. The first-order valence-electron chi connectivity index (χ1n) is 14.7. The zero-order chi connectivity index (χ0) is 31.0. The zero-order valence-corrected chi connectivity index (χ0v) is 25.5. The minimum atomic E-state index is -1.03. The largest absolute Gasteiger partial charge is 0.462 e. The summed E-state index contributed by atoms with van der Waals surface area (Å²) in [5, 5.41) is 3.29. The molecule has 2 aromatic carbocycles. The standard InChI is InChI=1S/C33H33ClFN7O2/c1-20-29(25-11-5-8-22-9-6-12-27(34)28(22)25)37-17-26-30(20)38-33(44-19-23-10-7-13-40(23)4)39-31(26)41-14-15-42(32(43)21(2)35)24(18-41)16-36-3/h5-6,8-9,11-12,17,23-24H,2,7,10,13-16,18-19H2,1,4H3/t23-,24+/m1/s1. The van der Waals surface area contributed by atoms with Crippen LogP contribution in [0, 0.1) is 13.5 Å². The number of anilines is 1. The second-order valence-electron chi connectivity index (χ2n) is 11.4. The van der Waals surface area contributed by atoms with E-state index in [9.17, 15) is 9.18 Å². The fraction of sp³-hybridized carbons (Fsp3) is 0.364. The third kappa shape index (κ3) is 5.53. The van der Waals surface area contributed by atoms with E-state index < -0.39 is 17.8 Å². The van der Waals surface area contributed by atoms with Gasteiger partial charge in [-0.3, -0.25) is 9.78 Å². The van der Waals surface area contributed by atoms with Gasteiger partial charge in [0.25, 0.3) is 5.91 Å². The number of halogens is 2. The van der Waals surface area contributed by atoms with E-state index in [0.717, 1.165) is 52.4 Å². The molecule has 4 heterocycles. The molecule has 6 rings (SSSR count). The number of hydrogen-bond acceptors (Lipinski definition) is 7. The van der Waals surface area contributed by atoms with Crippen molar-refractivity contribution in [2.75, 3.05) is 51.3 Å². The van der Waals surface area contributed by atoms with Gasteiger partial charge in [0, 0.05) is 53.4 Å². The Morgan fingerprint density at radius 3 is 2.70 bits per heavy atom. The summed E-state index contributed by atoms with van der Waals surface area (Å²) in [5.74, 6) is -1.22. The zero-order valence-electron chi connectivity index (χ0n) is 24.8. The van der Waals surface area contributed by atoms with Crippen LogP contribution in [0.25, 0.3) is 37.8 Å². The fourth-order valence-corrected chi connectivity index (χ4v) is 6.63. The predicted molar refractivity (Wildman–Crippen MR) is 171 cm³/mol. The first kappa shape index (κ1) is 29.7. The number of carbonyl (C=O) groups excluding carboxylic acids is 1. The van der Waals surface area contributed by atoms with Gasteiger partial charge in [-0.2, -0.15) is 9.97 Å². The molecule has 2 aliphatic heterocycles. The number of ether oxygens (including phenoxy) is 1. The molecule has 9 nitrogen and oxygen atoms in total. The lowest BCUT2D eigenvalue weighted by Gasteiger charge is -2.39. The van der Waals surface area contributed by atoms with Gasteiger partial charge in [0.15, 0.2) is 5.83 Å². The predicted octanol–water partition coefficient (Wildman–Crippen LogP) is 5.70. The molecule has 1 amide bonds. The average molecular weight is 614 g/mol. The number of hydrogen-bond donors (Lipinski definition) is 0. The van der Waals surface area contributed by atoms with Gasteiger partial charge in [-0.05, 0) is 44.8 Å². The minimum Gasteiger partial charge on any atom is -0.462 e. The number of carbonyl (C=O) groups is 1. The molecule has 11 heteroatoms. The number of aryl methyl sites for hydroxylation is 1. The molecule has 0 unspecified atom stereocenters. The monoisotopic (exact) mass is 613 g/mol. The van der Waals surface area contributed by atoms with Gasteiger partial charge < -0.3 is 24.3 Å². The Hall–Kier alpha value is -4.33. The maximum absolute atomic E-state index is 13.8. The summed E-state index contributed by atoms with van der Waals surface area (Å²) in [7, 11) is 2.09. The normalized spacial score (nSPS) is 19.0. The summed E-state index contributed by atoms with van der Waals surface area (Å²) in [6.07, 6.45) is 3.93. The van der Waals surface area contributed by atoms with Gasteiger partial charge in [-0.15, -0.1) is 0 Å². The van der Waals surface area contributed by atoms with Gasteiger partial charge in [0.2, 0.25) is 6.54 Å². The van der Waals surface area contributed by atoms with Gasteiger partial charge in [0.05, 0.1) is 16.6 Å². The SMILES string of the molecule is [C-]#[N+]C[C@H]1CN(c2nc(OC[C@H]3CCCN3C)nc3c(C)c(-c4cccc5cccc(Cl)c45)ncc23)CCN1C(=O)C(=C)F. The van der Waals surface area contributed by atoms with Crippen molar-refractivity contribution in [3.63, 3.8) is 0 Å². The molecule has 0 spiro atoms. The number of piperazine rings is 1. The molecular formula is C33H33ClFN7O2. The Labute approximate surface area is 260 Å². The van der Waals surface area contributed by atoms with Crippen LogP contribution in [0.3, 0.4) is 0 Å². The molecule has 44 heavy (non-hydrogen) atoms. The molecule has 0 saturated carbocycles. The van der Waals surface area contributed by atoms with E-state index in [4.69, 9.17) is 37.9 Å². The first-order chi connectivity index (χ1) is 21.3. The Morgan fingerprint density at radius 2 is 1.98 bits per heavy atom. The molecule has 2 fully saturated rings. The van der Waals surface area contributed by atoms with E-state index in [1.165, 1.54) is 4.90 Å². The van der Waals surface area contributed by atoms with Crippen molar-refractivity contribution in [2.24, 2.45) is 0 Å². The van der Waals surface area contributed by atoms with Crippen molar-refractivity contribution in [3.05, 3.63) is 77.0 Å². The van der Waals surface area contributed by atoms with Gasteiger partial charge in [-0.25, -0.2) is 11.0 Å². The average Bonchev–Trinajstić information content (AvgIpc) is 3.44. The van der Waals surface area contributed by atoms with Crippen LogP contribution < -0.4 is 9.64 Å². The summed E-state index contributed by atoms with van der Waals surface area (Å²) >= 11 is 6.68. The van der Waals surface area contributed by atoms with Crippen molar-refractivity contribution in [1.29, 1.82) is 0 Å². The highest BCUT2D eigenvalue weighted by Crippen LogP contribution is 2.38. The molecule has 2 aromatic heterocycles. The maximum atomic E-state index is 13.8. The quantitative estimate of drug-likeness (QED) is 0.195. The number of pyridine rings is 1. The molecule has 0 aliphatic carbocycles.